The fourth-order valence-electron chi connectivity index (χ4n) is 0.787. The molecular formula is C6H9NO2S. The Morgan fingerprint density at radius 2 is 2.50 bits per heavy atom. The second kappa shape index (κ2) is 3.07. The van der Waals surface area contributed by atoms with Crippen LogP contribution in [-0.2, 0) is 4.79 Å². The highest BCUT2D eigenvalue weighted by Crippen LogP contribution is 2.19. The first kappa shape index (κ1) is 7.63. The van der Waals surface area contributed by atoms with Crippen LogP contribution in [0, 0.1) is 5.92 Å². The van der Waals surface area contributed by atoms with Crippen LogP contribution in [0.25, 0.3) is 0 Å². The molecular weight excluding hydrogens is 150 g/mol. The lowest BCUT2D eigenvalue weighted by molar-refractivity contribution is -0.141. The molecule has 56 valence electrons. The Labute approximate surface area is 63.3 Å². The van der Waals surface area contributed by atoms with Crippen molar-refractivity contribution < 1.29 is 9.90 Å². The highest BCUT2D eigenvalue weighted by molar-refractivity contribution is 8.02. The third-order valence-corrected chi connectivity index (χ3v) is 2.36. The molecule has 10 heavy (non-hydrogen) atoms. The SMILES string of the molecule is NC1C=CSCC1C(=O)O. The Kier molecular flexibility index (Phi) is 2.34. The molecule has 0 bridgehead atoms. The molecule has 2 atom stereocenters. The van der Waals surface area contributed by atoms with Crippen molar-refractivity contribution in [1.29, 1.82) is 0 Å². The summed E-state index contributed by atoms with van der Waals surface area (Å²) < 4.78 is 0. The van der Waals surface area contributed by atoms with Crippen molar-refractivity contribution in [3.8, 4) is 0 Å². The fourth-order valence-corrected chi connectivity index (χ4v) is 1.76. The highest BCUT2D eigenvalue weighted by Gasteiger charge is 2.24. The van der Waals surface area contributed by atoms with Crippen molar-refractivity contribution in [2.24, 2.45) is 11.7 Å². The van der Waals surface area contributed by atoms with E-state index in [9.17, 15) is 4.79 Å². The molecule has 0 aromatic heterocycles. The maximum atomic E-state index is 10.4. The minimum atomic E-state index is -0.802. The lowest BCUT2D eigenvalue weighted by Gasteiger charge is -2.19. The van der Waals surface area contributed by atoms with Crippen LogP contribution < -0.4 is 5.73 Å². The second-order valence-corrected chi connectivity index (χ2v) is 3.12. The largest absolute Gasteiger partial charge is 0.481 e. The second-order valence-electron chi connectivity index (χ2n) is 2.18. The molecule has 1 heterocycles. The number of hydrogen-bond donors (Lipinski definition) is 2. The van der Waals surface area contributed by atoms with E-state index in [1.807, 2.05) is 5.41 Å². The van der Waals surface area contributed by atoms with Gasteiger partial charge in [0.25, 0.3) is 0 Å². The molecule has 1 aliphatic rings. The first-order valence-electron chi connectivity index (χ1n) is 2.98. The minimum absolute atomic E-state index is 0.307. The van der Waals surface area contributed by atoms with Gasteiger partial charge in [0.1, 0.15) is 0 Å². The topological polar surface area (TPSA) is 63.3 Å². The Morgan fingerprint density at radius 1 is 1.80 bits per heavy atom. The molecule has 0 radical (unpaired) electrons. The summed E-state index contributed by atoms with van der Waals surface area (Å²) in [5, 5.41) is 10.4. The van der Waals surface area contributed by atoms with Crippen molar-refractivity contribution in [3.05, 3.63) is 11.5 Å². The molecule has 0 saturated heterocycles. The summed E-state index contributed by atoms with van der Waals surface area (Å²) in [5.41, 5.74) is 5.50. The number of nitrogens with two attached hydrogens (primary N) is 1. The number of hydrogen-bond acceptors (Lipinski definition) is 3. The van der Waals surface area contributed by atoms with Crippen molar-refractivity contribution in [2.45, 2.75) is 6.04 Å². The Bertz CT molecular complexity index is 169. The predicted octanol–water partition coefficient (Wildman–Crippen LogP) is 0.275. The molecule has 3 nitrogen and oxygen atoms in total. The Balaban J connectivity index is 2.60. The summed E-state index contributed by atoms with van der Waals surface area (Å²) in [7, 11) is 0. The third kappa shape index (κ3) is 1.52. The van der Waals surface area contributed by atoms with Crippen LogP contribution in [0.5, 0.6) is 0 Å². The van der Waals surface area contributed by atoms with Crippen LogP contribution in [0.1, 0.15) is 0 Å². The summed E-state index contributed by atoms with van der Waals surface area (Å²) >= 11 is 1.49. The Hall–Kier alpha value is -0.480. The van der Waals surface area contributed by atoms with E-state index in [1.165, 1.54) is 11.8 Å². The molecule has 4 heteroatoms. The number of aliphatic carboxylic acids is 1. The predicted molar refractivity (Wildman–Crippen MR) is 40.7 cm³/mol. The zero-order valence-corrected chi connectivity index (χ0v) is 6.17. The Morgan fingerprint density at radius 3 is 2.90 bits per heavy atom. The average Bonchev–Trinajstić information content (AvgIpc) is 1.88. The summed E-state index contributed by atoms with van der Waals surface area (Å²) in [6.45, 7) is 0. The van der Waals surface area contributed by atoms with Gasteiger partial charge in [0.15, 0.2) is 0 Å². The number of thioether (sulfide) groups is 1. The van der Waals surface area contributed by atoms with Gasteiger partial charge in [0.05, 0.1) is 5.92 Å². The molecule has 0 aromatic carbocycles. The molecule has 1 aliphatic heterocycles. The van der Waals surface area contributed by atoms with E-state index in [-0.39, 0.29) is 6.04 Å². The van der Waals surface area contributed by atoms with E-state index in [0.29, 0.717) is 5.75 Å². The van der Waals surface area contributed by atoms with Crippen LogP contribution in [-0.4, -0.2) is 22.9 Å². The smallest absolute Gasteiger partial charge is 0.309 e. The van der Waals surface area contributed by atoms with Gasteiger partial charge in [-0.05, 0) is 5.41 Å². The van der Waals surface area contributed by atoms with Gasteiger partial charge in [-0.2, -0.15) is 0 Å². The third-order valence-electron chi connectivity index (χ3n) is 1.45. The lowest BCUT2D eigenvalue weighted by atomic mass is 10.0. The average molecular weight is 159 g/mol. The molecule has 2 unspecified atom stereocenters. The standard InChI is InChI=1S/C6H9NO2S/c7-5-1-2-10-3-4(5)6(8)9/h1-2,4-5H,3,7H2,(H,8,9). The zero-order chi connectivity index (χ0) is 7.56. The van der Waals surface area contributed by atoms with Crippen molar-refractivity contribution in [1.82, 2.24) is 0 Å². The molecule has 0 aromatic rings. The van der Waals surface area contributed by atoms with Crippen LogP contribution in [0.2, 0.25) is 0 Å². The fraction of sp³-hybridized carbons (Fsp3) is 0.500. The van der Waals surface area contributed by atoms with Crippen molar-refractivity contribution in [2.75, 3.05) is 5.75 Å². The number of carbonyl (C=O) groups is 1. The van der Waals surface area contributed by atoms with Gasteiger partial charge in [-0.15, -0.1) is 11.8 Å². The molecule has 0 saturated carbocycles. The minimum Gasteiger partial charge on any atom is -0.481 e. The molecule has 0 amide bonds. The zero-order valence-electron chi connectivity index (χ0n) is 5.36. The maximum Gasteiger partial charge on any atom is 0.309 e. The van der Waals surface area contributed by atoms with Gasteiger partial charge in [0, 0.05) is 11.8 Å². The van der Waals surface area contributed by atoms with Gasteiger partial charge in [0.2, 0.25) is 0 Å². The van der Waals surface area contributed by atoms with Crippen LogP contribution in [0.15, 0.2) is 11.5 Å². The molecule has 3 N–H and O–H groups in total. The van der Waals surface area contributed by atoms with E-state index in [1.54, 1.807) is 6.08 Å². The van der Waals surface area contributed by atoms with Crippen molar-refractivity contribution in [3.63, 3.8) is 0 Å². The van der Waals surface area contributed by atoms with Gasteiger partial charge in [-0.1, -0.05) is 6.08 Å². The quantitative estimate of drug-likeness (QED) is 0.576. The first-order valence-corrected chi connectivity index (χ1v) is 4.03. The summed E-state index contributed by atoms with van der Waals surface area (Å²) in [6.07, 6.45) is 1.73. The molecule has 0 fully saturated rings. The normalized spacial score (nSPS) is 32.1. The van der Waals surface area contributed by atoms with E-state index in [0.717, 1.165) is 0 Å². The highest BCUT2D eigenvalue weighted by atomic mass is 32.2. The lowest BCUT2D eigenvalue weighted by Crippen LogP contribution is -2.36. The van der Waals surface area contributed by atoms with E-state index >= 15 is 0 Å². The number of carboxylic acids is 1. The van der Waals surface area contributed by atoms with Crippen LogP contribution in [0.3, 0.4) is 0 Å². The van der Waals surface area contributed by atoms with E-state index in [2.05, 4.69) is 0 Å². The van der Waals surface area contributed by atoms with Crippen LogP contribution >= 0.6 is 11.8 Å². The monoisotopic (exact) mass is 159 g/mol. The number of carboxylic acid groups (broad SMARTS) is 1. The summed E-state index contributed by atoms with van der Waals surface area (Å²) in [5.74, 6) is -0.619. The molecule has 1 rings (SSSR count). The van der Waals surface area contributed by atoms with Crippen LogP contribution in [0.4, 0.5) is 0 Å². The molecule has 0 aliphatic carbocycles. The summed E-state index contributed by atoms with van der Waals surface area (Å²) in [4.78, 5) is 10.4. The van der Waals surface area contributed by atoms with E-state index in [4.69, 9.17) is 10.8 Å². The van der Waals surface area contributed by atoms with Gasteiger partial charge in [-0.3, -0.25) is 4.79 Å². The van der Waals surface area contributed by atoms with Gasteiger partial charge >= 0.3 is 5.97 Å². The molecule has 0 spiro atoms. The first-order chi connectivity index (χ1) is 4.72. The van der Waals surface area contributed by atoms with Gasteiger partial charge < -0.3 is 10.8 Å². The number of rotatable bonds is 1. The van der Waals surface area contributed by atoms with Crippen molar-refractivity contribution >= 4 is 17.7 Å². The van der Waals surface area contributed by atoms with E-state index < -0.39 is 11.9 Å². The maximum absolute atomic E-state index is 10.4. The van der Waals surface area contributed by atoms with Gasteiger partial charge in [-0.25, -0.2) is 0 Å². The summed E-state index contributed by atoms with van der Waals surface area (Å²) in [6, 6.07) is -0.307.